The lowest BCUT2D eigenvalue weighted by Crippen LogP contribution is -2.42. The van der Waals surface area contributed by atoms with Gasteiger partial charge in [-0.25, -0.2) is 4.68 Å². The molecule has 2 aromatic heterocycles. The highest BCUT2D eigenvalue weighted by atomic mass is 16.5. The number of hydrazine groups is 1. The first kappa shape index (κ1) is 20.9. The van der Waals surface area contributed by atoms with E-state index < -0.39 is 11.8 Å². The number of nitrogens with zero attached hydrogens (tertiary/aromatic N) is 2. The van der Waals surface area contributed by atoms with Crippen LogP contribution in [0.5, 0.6) is 5.75 Å². The second kappa shape index (κ2) is 8.76. The lowest BCUT2D eigenvalue weighted by molar-refractivity contribution is -0.117. The standard InChI is InChI=1S/C23H20N4O5/c1-3-27-23(30)17-9-5-4-8-16(17)20(26-27)22(29)25-24-19(28)12-11-15-13-14-7-6-10-18(31-2)21(14)32-15/h4-13H,3H2,1-2H3,(H,24,28)(H,25,29)/b12-11+. The number of hydrogen-bond acceptors (Lipinski definition) is 6. The smallest absolute Gasteiger partial charge is 0.290 e. The van der Waals surface area contributed by atoms with Gasteiger partial charge in [-0.2, -0.15) is 5.10 Å². The summed E-state index contributed by atoms with van der Waals surface area (Å²) in [7, 11) is 1.55. The molecule has 0 bridgehead atoms. The highest BCUT2D eigenvalue weighted by Gasteiger charge is 2.16. The van der Waals surface area contributed by atoms with E-state index in [0.717, 1.165) is 5.39 Å². The van der Waals surface area contributed by atoms with Crippen LogP contribution < -0.4 is 21.1 Å². The van der Waals surface area contributed by atoms with Crippen molar-refractivity contribution in [2.75, 3.05) is 7.11 Å². The molecular formula is C23H20N4O5. The van der Waals surface area contributed by atoms with Gasteiger partial charge in [-0.15, -0.1) is 0 Å². The number of hydrogen-bond donors (Lipinski definition) is 2. The molecule has 0 aliphatic heterocycles. The van der Waals surface area contributed by atoms with Crippen molar-refractivity contribution in [3.05, 3.63) is 76.4 Å². The Morgan fingerprint density at radius 2 is 1.91 bits per heavy atom. The third kappa shape index (κ3) is 3.95. The fraction of sp³-hybridized carbons (Fsp3) is 0.130. The predicted molar refractivity (Wildman–Crippen MR) is 119 cm³/mol. The molecule has 0 unspecified atom stereocenters. The summed E-state index contributed by atoms with van der Waals surface area (Å²) in [4.78, 5) is 37.2. The van der Waals surface area contributed by atoms with Gasteiger partial charge >= 0.3 is 0 Å². The van der Waals surface area contributed by atoms with Crippen molar-refractivity contribution in [2.45, 2.75) is 13.5 Å². The Kier molecular flexibility index (Phi) is 5.71. The molecule has 0 aliphatic rings. The van der Waals surface area contributed by atoms with E-state index in [0.29, 0.717) is 34.4 Å². The van der Waals surface area contributed by atoms with Crippen LogP contribution in [0.1, 0.15) is 23.2 Å². The first-order valence-corrected chi connectivity index (χ1v) is 9.86. The number of fused-ring (bicyclic) bond motifs is 2. The molecule has 0 atom stereocenters. The first-order valence-electron chi connectivity index (χ1n) is 9.86. The Balaban J connectivity index is 1.48. The molecule has 0 fully saturated rings. The molecule has 0 radical (unpaired) electrons. The third-order valence-corrected chi connectivity index (χ3v) is 4.83. The molecule has 2 N–H and O–H groups in total. The maximum absolute atomic E-state index is 12.6. The van der Waals surface area contributed by atoms with E-state index in [4.69, 9.17) is 9.15 Å². The van der Waals surface area contributed by atoms with Crippen LogP contribution in [-0.2, 0) is 11.3 Å². The van der Waals surface area contributed by atoms with Gasteiger partial charge in [0.2, 0.25) is 0 Å². The second-order valence-electron chi connectivity index (χ2n) is 6.82. The zero-order valence-electron chi connectivity index (χ0n) is 17.4. The molecule has 2 amide bonds. The highest BCUT2D eigenvalue weighted by molar-refractivity contribution is 6.05. The maximum Gasteiger partial charge on any atom is 0.290 e. The summed E-state index contributed by atoms with van der Waals surface area (Å²) in [6.45, 7) is 2.06. The van der Waals surface area contributed by atoms with Gasteiger partial charge in [0.15, 0.2) is 17.0 Å². The Bertz CT molecular complexity index is 1420. The zero-order valence-corrected chi connectivity index (χ0v) is 17.4. The average molecular weight is 432 g/mol. The van der Waals surface area contributed by atoms with Crippen LogP contribution in [0.2, 0.25) is 0 Å². The van der Waals surface area contributed by atoms with E-state index in [1.807, 2.05) is 12.1 Å². The van der Waals surface area contributed by atoms with E-state index in [9.17, 15) is 14.4 Å². The van der Waals surface area contributed by atoms with Crippen molar-refractivity contribution in [1.82, 2.24) is 20.6 Å². The molecule has 4 aromatic rings. The number of para-hydroxylation sites is 1. The van der Waals surface area contributed by atoms with Crippen LogP contribution in [0.4, 0.5) is 0 Å². The first-order chi connectivity index (χ1) is 15.5. The highest BCUT2D eigenvalue weighted by Crippen LogP contribution is 2.28. The lowest BCUT2D eigenvalue weighted by Gasteiger charge is -2.10. The number of carbonyl (C=O) groups excluding carboxylic acids is 2. The second-order valence-corrected chi connectivity index (χ2v) is 6.82. The van der Waals surface area contributed by atoms with E-state index in [1.54, 1.807) is 50.4 Å². The summed E-state index contributed by atoms with van der Waals surface area (Å²) in [5.74, 6) is -0.168. The minimum absolute atomic E-state index is 0.0377. The van der Waals surface area contributed by atoms with E-state index in [-0.39, 0.29) is 11.3 Å². The van der Waals surface area contributed by atoms with Gasteiger partial charge in [-0.3, -0.25) is 25.2 Å². The summed E-state index contributed by atoms with van der Waals surface area (Å²) >= 11 is 0. The predicted octanol–water partition coefficient (Wildman–Crippen LogP) is 2.65. The van der Waals surface area contributed by atoms with Gasteiger partial charge in [0.05, 0.1) is 12.5 Å². The molecule has 0 saturated heterocycles. The largest absolute Gasteiger partial charge is 0.493 e. The average Bonchev–Trinajstić information content (AvgIpc) is 3.25. The van der Waals surface area contributed by atoms with Crippen LogP contribution in [-0.4, -0.2) is 28.7 Å². The molecule has 9 nitrogen and oxygen atoms in total. The Hall–Kier alpha value is -4.40. The quantitative estimate of drug-likeness (QED) is 0.370. The monoisotopic (exact) mass is 432 g/mol. The Labute approximate surface area is 182 Å². The van der Waals surface area contributed by atoms with Crippen LogP contribution >= 0.6 is 0 Å². The van der Waals surface area contributed by atoms with Gasteiger partial charge in [-0.05, 0) is 31.2 Å². The normalized spacial score (nSPS) is 11.2. The lowest BCUT2D eigenvalue weighted by atomic mass is 10.1. The topological polar surface area (TPSA) is 115 Å². The molecule has 162 valence electrons. The van der Waals surface area contributed by atoms with Crippen LogP contribution in [0.15, 0.2) is 63.8 Å². The van der Waals surface area contributed by atoms with E-state index >= 15 is 0 Å². The summed E-state index contributed by atoms with van der Waals surface area (Å²) in [6.07, 6.45) is 2.70. The van der Waals surface area contributed by atoms with Crippen molar-refractivity contribution in [3.63, 3.8) is 0 Å². The molecule has 0 aliphatic carbocycles. The minimum Gasteiger partial charge on any atom is -0.493 e. The molecular weight excluding hydrogens is 412 g/mol. The third-order valence-electron chi connectivity index (χ3n) is 4.83. The summed E-state index contributed by atoms with van der Waals surface area (Å²) in [5.41, 5.74) is 4.96. The summed E-state index contributed by atoms with van der Waals surface area (Å²) in [6, 6.07) is 13.9. The van der Waals surface area contributed by atoms with E-state index in [1.165, 1.54) is 16.8 Å². The molecule has 32 heavy (non-hydrogen) atoms. The number of amides is 2. The zero-order chi connectivity index (χ0) is 22.7. The molecule has 2 heterocycles. The van der Waals surface area contributed by atoms with Gasteiger partial charge in [0, 0.05) is 23.4 Å². The van der Waals surface area contributed by atoms with E-state index in [2.05, 4.69) is 16.0 Å². The van der Waals surface area contributed by atoms with Crippen molar-refractivity contribution in [1.29, 1.82) is 0 Å². The van der Waals surface area contributed by atoms with Gasteiger partial charge in [0.25, 0.3) is 17.4 Å². The van der Waals surface area contributed by atoms with Gasteiger partial charge in [-0.1, -0.05) is 30.3 Å². The summed E-state index contributed by atoms with van der Waals surface area (Å²) < 4.78 is 12.2. The number of rotatable bonds is 5. The fourth-order valence-electron chi connectivity index (χ4n) is 3.29. The van der Waals surface area contributed by atoms with Crippen molar-refractivity contribution in [3.8, 4) is 5.75 Å². The number of ether oxygens (including phenoxy) is 1. The van der Waals surface area contributed by atoms with Crippen LogP contribution in [0.3, 0.4) is 0 Å². The number of methoxy groups -OCH3 is 1. The molecule has 0 spiro atoms. The number of nitrogens with one attached hydrogen (secondary N) is 2. The Morgan fingerprint density at radius 1 is 1.12 bits per heavy atom. The minimum atomic E-state index is -0.640. The maximum atomic E-state index is 12.6. The van der Waals surface area contributed by atoms with Crippen molar-refractivity contribution in [2.24, 2.45) is 0 Å². The molecule has 4 rings (SSSR count). The molecule has 0 saturated carbocycles. The number of aryl methyl sites for hydroxylation is 1. The Morgan fingerprint density at radius 3 is 2.66 bits per heavy atom. The number of furan rings is 1. The van der Waals surface area contributed by atoms with Crippen LogP contribution in [0.25, 0.3) is 27.8 Å². The van der Waals surface area contributed by atoms with Gasteiger partial charge < -0.3 is 9.15 Å². The summed E-state index contributed by atoms with van der Waals surface area (Å²) in [5, 5.41) is 5.74. The van der Waals surface area contributed by atoms with Gasteiger partial charge in [0.1, 0.15) is 5.76 Å². The molecule has 9 heteroatoms. The number of benzene rings is 2. The number of carbonyl (C=O) groups is 2. The number of aromatic nitrogens is 2. The SMILES string of the molecule is CCn1nc(C(=O)NNC(=O)/C=C/c2cc3cccc(OC)c3o2)c2ccccc2c1=O. The van der Waals surface area contributed by atoms with Crippen molar-refractivity contribution < 1.29 is 18.7 Å². The fourth-order valence-corrected chi connectivity index (χ4v) is 3.29. The van der Waals surface area contributed by atoms with Crippen molar-refractivity contribution >= 4 is 39.6 Å². The molecule has 2 aromatic carbocycles. The van der Waals surface area contributed by atoms with Crippen LogP contribution in [0, 0.1) is 0 Å².